The van der Waals surface area contributed by atoms with Gasteiger partial charge in [0.1, 0.15) is 0 Å². The number of rotatable bonds is 4. The van der Waals surface area contributed by atoms with Crippen LogP contribution >= 0.6 is 11.3 Å². The number of hydrogen-bond acceptors (Lipinski definition) is 4. The Balaban J connectivity index is 1.82. The molecule has 3 rings (SSSR count). The van der Waals surface area contributed by atoms with Crippen LogP contribution in [0.1, 0.15) is 48.0 Å². The van der Waals surface area contributed by atoms with E-state index in [-0.39, 0.29) is 6.04 Å². The molecule has 18 heavy (non-hydrogen) atoms. The highest BCUT2D eigenvalue weighted by molar-refractivity contribution is 7.07. The maximum absolute atomic E-state index is 5.65. The maximum atomic E-state index is 5.65. The first kappa shape index (κ1) is 11.8. The summed E-state index contributed by atoms with van der Waals surface area (Å²) in [7, 11) is 0. The number of hydrogen-bond donors (Lipinski definition) is 2. The highest BCUT2D eigenvalue weighted by atomic mass is 32.1. The van der Waals surface area contributed by atoms with Crippen LogP contribution in [-0.4, -0.2) is 4.98 Å². The van der Waals surface area contributed by atoms with Gasteiger partial charge < -0.3 is 0 Å². The van der Waals surface area contributed by atoms with Crippen molar-refractivity contribution in [1.29, 1.82) is 0 Å². The molecule has 3 nitrogen and oxygen atoms in total. The molecule has 0 bridgehead atoms. The maximum Gasteiger partial charge on any atom is 0.0889 e. The summed E-state index contributed by atoms with van der Waals surface area (Å²) in [5.74, 6) is 6.43. The average molecular weight is 259 g/mol. The highest BCUT2D eigenvalue weighted by Crippen LogP contribution is 2.36. The summed E-state index contributed by atoms with van der Waals surface area (Å²) in [5, 5.41) is 2.03. The van der Waals surface area contributed by atoms with E-state index in [1.165, 1.54) is 30.4 Å². The fourth-order valence-corrected chi connectivity index (χ4v) is 3.00. The molecular formula is C14H17N3S. The van der Waals surface area contributed by atoms with Gasteiger partial charge in [0.25, 0.3) is 0 Å². The monoisotopic (exact) mass is 259 g/mol. The van der Waals surface area contributed by atoms with Gasteiger partial charge in [0.05, 0.1) is 17.2 Å². The predicted molar refractivity (Wildman–Crippen MR) is 74.3 cm³/mol. The van der Waals surface area contributed by atoms with E-state index in [0.29, 0.717) is 0 Å². The minimum absolute atomic E-state index is 0.00769. The fraction of sp³-hybridized carbons (Fsp3) is 0.357. The highest BCUT2D eigenvalue weighted by Gasteiger charge is 2.20. The Morgan fingerprint density at radius 3 is 2.56 bits per heavy atom. The van der Waals surface area contributed by atoms with E-state index in [9.17, 15) is 0 Å². The number of nitrogens with one attached hydrogen (secondary N) is 1. The van der Waals surface area contributed by atoms with Gasteiger partial charge in [0.2, 0.25) is 0 Å². The zero-order valence-corrected chi connectivity index (χ0v) is 11.0. The molecule has 1 heterocycles. The number of nitrogens with two attached hydrogens (primary N) is 1. The molecule has 94 valence electrons. The molecule has 2 aromatic rings. The van der Waals surface area contributed by atoms with Crippen molar-refractivity contribution in [3.63, 3.8) is 0 Å². The Morgan fingerprint density at radius 2 is 2.06 bits per heavy atom. The zero-order chi connectivity index (χ0) is 12.4. The molecule has 1 unspecified atom stereocenters. The van der Waals surface area contributed by atoms with Crippen molar-refractivity contribution in [3.05, 3.63) is 52.0 Å². The van der Waals surface area contributed by atoms with Gasteiger partial charge in [-0.3, -0.25) is 5.84 Å². The summed E-state index contributed by atoms with van der Waals surface area (Å²) in [5.41, 5.74) is 8.29. The van der Waals surface area contributed by atoms with Crippen LogP contribution in [0.4, 0.5) is 0 Å². The minimum atomic E-state index is -0.00769. The molecule has 1 aliphatic rings. The second-order valence-electron chi connectivity index (χ2n) is 4.81. The van der Waals surface area contributed by atoms with Crippen LogP contribution in [0.15, 0.2) is 35.2 Å². The Bertz CT molecular complexity index is 488. The van der Waals surface area contributed by atoms with E-state index >= 15 is 0 Å². The quantitative estimate of drug-likeness (QED) is 0.655. The van der Waals surface area contributed by atoms with E-state index in [0.717, 1.165) is 11.6 Å². The normalized spacial score (nSPS) is 17.4. The molecule has 0 spiro atoms. The zero-order valence-electron chi connectivity index (χ0n) is 10.2. The fourth-order valence-electron chi connectivity index (χ4n) is 2.42. The van der Waals surface area contributed by atoms with Crippen molar-refractivity contribution in [2.24, 2.45) is 5.84 Å². The number of thiazole rings is 1. The molecule has 1 atom stereocenters. The third-order valence-corrected chi connectivity index (χ3v) is 4.36. The lowest BCUT2D eigenvalue weighted by molar-refractivity contribution is 0.419. The third-order valence-electron chi connectivity index (χ3n) is 3.76. The van der Waals surface area contributed by atoms with Crippen LogP contribution in [0.3, 0.4) is 0 Å². The molecule has 1 fully saturated rings. The molecule has 0 aliphatic heterocycles. The van der Waals surface area contributed by atoms with E-state index in [4.69, 9.17) is 5.84 Å². The van der Waals surface area contributed by atoms with Crippen molar-refractivity contribution in [2.75, 3.05) is 0 Å². The Morgan fingerprint density at radius 1 is 1.28 bits per heavy atom. The summed E-state index contributed by atoms with van der Waals surface area (Å²) in [4.78, 5) is 4.32. The summed E-state index contributed by atoms with van der Waals surface area (Å²) >= 11 is 1.59. The Kier molecular flexibility index (Phi) is 3.41. The summed E-state index contributed by atoms with van der Waals surface area (Å²) in [6.07, 6.45) is 4.05. The van der Waals surface area contributed by atoms with Gasteiger partial charge in [-0.2, -0.15) is 0 Å². The number of aromatic nitrogens is 1. The van der Waals surface area contributed by atoms with Gasteiger partial charge in [-0.1, -0.05) is 30.7 Å². The first-order valence-corrected chi connectivity index (χ1v) is 7.27. The molecule has 1 aromatic heterocycles. The molecular weight excluding hydrogens is 242 g/mol. The van der Waals surface area contributed by atoms with Gasteiger partial charge in [0, 0.05) is 5.38 Å². The molecule has 1 aromatic carbocycles. The Labute approximate surface area is 111 Å². The van der Waals surface area contributed by atoms with Gasteiger partial charge in [-0.05, 0) is 29.9 Å². The van der Waals surface area contributed by atoms with E-state index in [1.54, 1.807) is 11.3 Å². The lowest BCUT2D eigenvalue weighted by Gasteiger charge is -2.26. The van der Waals surface area contributed by atoms with E-state index in [1.807, 2.05) is 10.9 Å². The standard InChI is InChI=1S/C14H17N3S/c15-17-14(13-8-18-9-16-13)12-6-4-11(5-7-12)10-2-1-3-10/h4-10,14,17H,1-3,15H2. The van der Waals surface area contributed by atoms with Gasteiger partial charge in [-0.25, -0.2) is 10.4 Å². The van der Waals surface area contributed by atoms with Crippen molar-refractivity contribution >= 4 is 11.3 Å². The summed E-state index contributed by atoms with van der Waals surface area (Å²) in [6.45, 7) is 0. The lowest BCUT2D eigenvalue weighted by Crippen LogP contribution is -2.29. The topological polar surface area (TPSA) is 50.9 Å². The number of benzene rings is 1. The minimum Gasteiger partial charge on any atom is -0.271 e. The van der Waals surface area contributed by atoms with E-state index in [2.05, 4.69) is 34.7 Å². The second kappa shape index (κ2) is 5.18. The van der Waals surface area contributed by atoms with Crippen molar-refractivity contribution in [1.82, 2.24) is 10.4 Å². The SMILES string of the molecule is NNC(c1ccc(C2CCC2)cc1)c1cscn1. The van der Waals surface area contributed by atoms with Crippen molar-refractivity contribution in [3.8, 4) is 0 Å². The van der Waals surface area contributed by atoms with Crippen molar-refractivity contribution < 1.29 is 0 Å². The van der Waals surface area contributed by atoms with Crippen LogP contribution in [0.5, 0.6) is 0 Å². The molecule has 0 saturated heterocycles. The molecule has 0 radical (unpaired) electrons. The van der Waals surface area contributed by atoms with Gasteiger partial charge in [-0.15, -0.1) is 11.3 Å². The number of nitrogens with zero attached hydrogens (tertiary/aromatic N) is 1. The van der Waals surface area contributed by atoms with Crippen LogP contribution in [0.2, 0.25) is 0 Å². The first-order chi connectivity index (χ1) is 8.88. The van der Waals surface area contributed by atoms with Gasteiger partial charge >= 0.3 is 0 Å². The molecule has 4 heteroatoms. The molecule has 1 aliphatic carbocycles. The van der Waals surface area contributed by atoms with Crippen LogP contribution in [0.25, 0.3) is 0 Å². The summed E-state index contributed by atoms with van der Waals surface area (Å²) in [6, 6.07) is 8.78. The first-order valence-electron chi connectivity index (χ1n) is 6.32. The van der Waals surface area contributed by atoms with Crippen LogP contribution in [0, 0.1) is 0 Å². The van der Waals surface area contributed by atoms with Gasteiger partial charge in [0.15, 0.2) is 0 Å². The predicted octanol–water partition coefficient (Wildman–Crippen LogP) is 2.96. The Hall–Kier alpha value is -1.23. The van der Waals surface area contributed by atoms with Crippen LogP contribution < -0.4 is 11.3 Å². The molecule has 3 N–H and O–H groups in total. The smallest absolute Gasteiger partial charge is 0.0889 e. The van der Waals surface area contributed by atoms with E-state index < -0.39 is 0 Å². The number of hydrazine groups is 1. The molecule has 0 amide bonds. The lowest BCUT2D eigenvalue weighted by atomic mass is 9.80. The van der Waals surface area contributed by atoms with Crippen molar-refractivity contribution in [2.45, 2.75) is 31.2 Å². The third kappa shape index (κ3) is 2.19. The molecule has 1 saturated carbocycles. The average Bonchev–Trinajstić information content (AvgIpc) is 2.84. The van der Waals surface area contributed by atoms with Crippen LogP contribution in [-0.2, 0) is 0 Å². The second-order valence-corrected chi connectivity index (χ2v) is 5.53. The largest absolute Gasteiger partial charge is 0.271 e. The summed E-state index contributed by atoms with van der Waals surface area (Å²) < 4.78 is 0.